The molecule has 1 aromatic rings. The van der Waals surface area contributed by atoms with E-state index >= 15 is 0 Å². The number of hydrogen-bond acceptors (Lipinski definition) is 1. The second kappa shape index (κ2) is 36.4. The molecular weight excluding hydrogens is 370 g/mol. The predicted molar refractivity (Wildman–Crippen MR) is 96.2 cm³/mol. The maximum absolute atomic E-state index is 8.63. The van der Waals surface area contributed by atoms with Crippen LogP contribution in [0.1, 0.15) is 6.42 Å². The summed E-state index contributed by atoms with van der Waals surface area (Å²) >= 11 is 0. The Balaban J connectivity index is -0.0000000174. The zero-order valence-corrected chi connectivity index (χ0v) is 17.2. The SMILES string of the molecule is Cl.Cl.Oc1ccccc1.[C-]1=CC=CC1.[CH3-].[CH3-].[CH3-].[CH3-].[CH3-].[Zr]. The first-order chi connectivity index (χ1) is 5.89. The van der Waals surface area contributed by atoms with Gasteiger partial charge in [-0.15, -0.1) is 31.2 Å². The average Bonchev–Trinajstić information content (AvgIpc) is 2.62. The van der Waals surface area contributed by atoms with Gasteiger partial charge in [0.2, 0.25) is 0 Å². The van der Waals surface area contributed by atoms with Gasteiger partial charge in [-0.25, -0.2) is 12.2 Å². The average molecular weight is 399 g/mol. The van der Waals surface area contributed by atoms with Crippen LogP contribution in [0.5, 0.6) is 5.75 Å². The zero-order valence-electron chi connectivity index (χ0n) is 13.1. The van der Waals surface area contributed by atoms with E-state index in [0.717, 1.165) is 6.42 Å². The molecule has 1 nitrogen and oxygen atoms in total. The number of para-hydroxylation sites is 1. The van der Waals surface area contributed by atoms with Gasteiger partial charge in [0.1, 0.15) is 5.75 Å². The minimum atomic E-state index is 0. The molecule has 1 aliphatic rings. The normalized spacial score (nSPS) is 7.40. The molecule has 1 aromatic carbocycles. The Morgan fingerprint density at radius 1 is 0.850 bits per heavy atom. The number of phenols is 1. The molecule has 1 aliphatic carbocycles. The number of halogens is 2. The van der Waals surface area contributed by atoms with Gasteiger partial charge in [-0.3, -0.25) is 6.08 Å². The van der Waals surface area contributed by atoms with Crippen LogP contribution in [0.3, 0.4) is 0 Å². The molecule has 4 heteroatoms. The maximum Gasteiger partial charge on any atom is 0.115 e. The van der Waals surface area contributed by atoms with E-state index in [4.69, 9.17) is 5.11 Å². The van der Waals surface area contributed by atoms with Crippen molar-refractivity contribution >= 4 is 24.8 Å². The third-order valence-corrected chi connectivity index (χ3v) is 1.34. The van der Waals surface area contributed by atoms with E-state index in [1.54, 1.807) is 24.3 Å². The fourth-order valence-electron chi connectivity index (χ4n) is 0.768. The van der Waals surface area contributed by atoms with Crippen molar-refractivity contribution < 1.29 is 31.3 Å². The fourth-order valence-corrected chi connectivity index (χ4v) is 0.768. The number of phenolic OH excluding ortho intramolecular Hbond substituents is 1. The van der Waals surface area contributed by atoms with Gasteiger partial charge in [0.25, 0.3) is 0 Å². The van der Waals surface area contributed by atoms with E-state index in [0.29, 0.717) is 5.75 Å². The Labute approximate surface area is 159 Å². The topological polar surface area (TPSA) is 20.2 Å². The predicted octanol–water partition coefficient (Wildman–Crippen LogP) is 5.79. The van der Waals surface area contributed by atoms with E-state index < -0.39 is 0 Å². The van der Waals surface area contributed by atoms with Crippen LogP contribution >= 0.6 is 24.8 Å². The largest absolute Gasteiger partial charge is 0.508 e. The molecular formula is C16H28Cl2OZr-6. The summed E-state index contributed by atoms with van der Waals surface area (Å²) in [5.41, 5.74) is 0. The van der Waals surface area contributed by atoms with Crippen LogP contribution in [0, 0.1) is 43.2 Å². The molecule has 0 spiro atoms. The van der Waals surface area contributed by atoms with Crippen molar-refractivity contribution in [3.8, 4) is 5.75 Å². The Morgan fingerprint density at radius 2 is 1.30 bits per heavy atom. The van der Waals surface area contributed by atoms with E-state index in [1.807, 2.05) is 18.2 Å². The van der Waals surface area contributed by atoms with Crippen molar-refractivity contribution in [2.75, 3.05) is 0 Å². The molecule has 0 heterocycles. The van der Waals surface area contributed by atoms with Crippen LogP contribution in [0.25, 0.3) is 0 Å². The van der Waals surface area contributed by atoms with Crippen LogP contribution in [0.15, 0.2) is 48.6 Å². The summed E-state index contributed by atoms with van der Waals surface area (Å²) in [6.07, 6.45) is 10.0. The quantitative estimate of drug-likeness (QED) is 0.549. The molecule has 0 aromatic heterocycles. The van der Waals surface area contributed by atoms with Crippen molar-refractivity contribution in [1.82, 2.24) is 0 Å². The van der Waals surface area contributed by atoms with E-state index in [9.17, 15) is 0 Å². The summed E-state index contributed by atoms with van der Waals surface area (Å²) in [5, 5.41) is 8.63. The van der Waals surface area contributed by atoms with Crippen molar-refractivity contribution in [2.45, 2.75) is 6.42 Å². The van der Waals surface area contributed by atoms with Gasteiger partial charge in [-0.05, 0) is 12.1 Å². The second-order valence-electron chi connectivity index (χ2n) is 2.34. The van der Waals surface area contributed by atoms with Gasteiger partial charge in [-0.2, -0.15) is 6.08 Å². The summed E-state index contributed by atoms with van der Waals surface area (Å²) in [4.78, 5) is 0. The van der Waals surface area contributed by atoms with Gasteiger partial charge in [0, 0.05) is 26.2 Å². The summed E-state index contributed by atoms with van der Waals surface area (Å²) < 4.78 is 0. The fraction of sp³-hybridized carbons (Fsp3) is 0.0625. The Bertz CT molecular complexity index is 265. The molecule has 0 bridgehead atoms. The van der Waals surface area contributed by atoms with Gasteiger partial charge < -0.3 is 42.2 Å². The van der Waals surface area contributed by atoms with Crippen molar-refractivity contribution in [3.63, 3.8) is 0 Å². The van der Waals surface area contributed by atoms with E-state index in [2.05, 4.69) is 12.2 Å². The number of aromatic hydroxyl groups is 1. The Kier molecular flexibility index (Phi) is 91.3. The zero-order chi connectivity index (χ0) is 8.65. The summed E-state index contributed by atoms with van der Waals surface area (Å²) in [6.45, 7) is 0. The van der Waals surface area contributed by atoms with Crippen LogP contribution in [-0.2, 0) is 26.2 Å². The first-order valence-corrected chi connectivity index (χ1v) is 3.85. The van der Waals surface area contributed by atoms with E-state index in [1.165, 1.54) is 0 Å². The maximum atomic E-state index is 8.63. The van der Waals surface area contributed by atoms with Crippen LogP contribution in [-0.4, -0.2) is 5.11 Å². The van der Waals surface area contributed by atoms with Gasteiger partial charge >= 0.3 is 0 Å². The smallest absolute Gasteiger partial charge is 0.115 e. The third-order valence-electron chi connectivity index (χ3n) is 1.34. The molecule has 0 amide bonds. The van der Waals surface area contributed by atoms with Gasteiger partial charge in [0.15, 0.2) is 0 Å². The molecule has 0 atom stereocenters. The summed E-state index contributed by atoms with van der Waals surface area (Å²) in [6, 6.07) is 8.71. The Morgan fingerprint density at radius 3 is 1.45 bits per heavy atom. The molecule has 0 saturated heterocycles. The number of allylic oxidation sites excluding steroid dienone is 4. The first kappa shape index (κ1) is 50.2. The monoisotopic (exact) mass is 396 g/mol. The number of benzene rings is 1. The summed E-state index contributed by atoms with van der Waals surface area (Å²) in [7, 11) is 0. The van der Waals surface area contributed by atoms with Crippen molar-refractivity contribution in [3.05, 3.63) is 91.8 Å². The molecule has 122 valence electrons. The van der Waals surface area contributed by atoms with Crippen molar-refractivity contribution in [1.29, 1.82) is 0 Å². The van der Waals surface area contributed by atoms with Gasteiger partial charge in [-0.1, -0.05) is 18.2 Å². The molecule has 0 saturated carbocycles. The number of hydrogen-bond donors (Lipinski definition) is 1. The minimum Gasteiger partial charge on any atom is -0.508 e. The third kappa shape index (κ3) is 30.8. The van der Waals surface area contributed by atoms with Crippen LogP contribution < -0.4 is 0 Å². The molecule has 0 aliphatic heterocycles. The molecule has 0 unspecified atom stereocenters. The van der Waals surface area contributed by atoms with Crippen LogP contribution in [0.4, 0.5) is 0 Å². The van der Waals surface area contributed by atoms with Crippen LogP contribution in [0.2, 0.25) is 0 Å². The van der Waals surface area contributed by atoms with E-state index in [-0.39, 0.29) is 88.2 Å². The van der Waals surface area contributed by atoms with Gasteiger partial charge in [0.05, 0.1) is 0 Å². The number of rotatable bonds is 0. The molecule has 1 N–H and O–H groups in total. The molecule has 2 rings (SSSR count). The van der Waals surface area contributed by atoms with Crippen molar-refractivity contribution in [2.24, 2.45) is 0 Å². The standard InChI is InChI=1S/C6H6O.C5H5.5CH3.2ClH.Zr/c7-6-4-2-1-3-5-6;1-2-4-5-3-1;;;;;;;;/h1-5,7H;1-3H,4H2;5*1H3;2*1H;/q;6*-1;;;. The minimum absolute atomic E-state index is 0. The molecule has 0 radical (unpaired) electrons. The first-order valence-electron chi connectivity index (χ1n) is 3.85. The molecule has 0 fully saturated rings. The Hall–Kier alpha value is -0.0369. The summed E-state index contributed by atoms with van der Waals surface area (Å²) in [5.74, 6) is 0.322. The molecule has 20 heavy (non-hydrogen) atoms. The second-order valence-corrected chi connectivity index (χ2v) is 2.34.